The third kappa shape index (κ3) is 9.16. The Hall–Kier alpha value is -2.62. The van der Waals surface area contributed by atoms with Crippen LogP contribution in [0.4, 0.5) is 0 Å². The molecule has 9 nitrogen and oxygen atoms in total. The number of aliphatic hydroxyl groups excluding tert-OH is 1. The molecule has 0 bridgehead atoms. The van der Waals surface area contributed by atoms with Gasteiger partial charge < -0.3 is 19.6 Å². The second-order valence-corrected chi connectivity index (χ2v) is 8.74. The molecule has 0 radical (unpaired) electrons. The summed E-state index contributed by atoms with van der Waals surface area (Å²) in [5.74, 6) is 0.677. The van der Waals surface area contributed by atoms with Crippen molar-refractivity contribution < 1.29 is 24.6 Å². The van der Waals surface area contributed by atoms with Crippen LogP contribution in [0, 0.1) is 5.92 Å². The number of hydrogen-bond donors (Lipinski definition) is 3. The Balaban J connectivity index is 0.00000210. The number of benzene rings is 1. The van der Waals surface area contributed by atoms with Gasteiger partial charge in [-0.25, -0.2) is 10.5 Å². The first-order valence-corrected chi connectivity index (χ1v) is 12.4. The van der Waals surface area contributed by atoms with Crippen LogP contribution in [0.2, 0.25) is 0 Å². The lowest BCUT2D eigenvalue weighted by Gasteiger charge is -2.38. The van der Waals surface area contributed by atoms with E-state index < -0.39 is 11.8 Å². The molecule has 35 heavy (non-hydrogen) atoms. The van der Waals surface area contributed by atoms with E-state index in [0.717, 1.165) is 49.9 Å². The van der Waals surface area contributed by atoms with Crippen LogP contribution in [0.3, 0.4) is 0 Å². The van der Waals surface area contributed by atoms with Gasteiger partial charge in [-0.2, -0.15) is 0 Å². The highest BCUT2D eigenvalue weighted by Crippen LogP contribution is 2.22. The second kappa shape index (κ2) is 15.4. The highest BCUT2D eigenvalue weighted by molar-refractivity contribution is 6.65. The van der Waals surface area contributed by atoms with E-state index in [-0.39, 0.29) is 12.3 Å². The van der Waals surface area contributed by atoms with Crippen LogP contribution in [0.1, 0.15) is 44.6 Å². The van der Waals surface area contributed by atoms with Crippen molar-refractivity contribution in [2.24, 2.45) is 10.9 Å². The van der Waals surface area contributed by atoms with Gasteiger partial charge in [-0.05, 0) is 56.4 Å². The highest BCUT2D eigenvalue weighted by atomic mass is 35.5. The van der Waals surface area contributed by atoms with Gasteiger partial charge in [0.2, 0.25) is 11.8 Å². The minimum atomic E-state index is -0.538. The Bertz CT molecular complexity index is 867. The van der Waals surface area contributed by atoms with E-state index in [0.29, 0.717) is 44.4 Å². The molecule has 1 unspecified atom stereocenters. The first-order valence-electron chi connectivity index (χ1n) is 12.1. The molecule has 2 aliphatic heterocycles. The Labute approximate surface area is 212 Å². The predicted molar refractivity (Wildman–Crippen MR) is 135 cm³/mol. The molecule has 2 heterocycles. The largest absolute Gasteiger partial charge is 0.494 e. The Morgan fingerprint density at radius 2 is 1.86 bits per heavy atom. The van der Waals surface area contributed by atoms with Crippen molar-refractivity contribution >= 4 is 28.6 Å². The molecule has 1 aromatic rings. The molecule has 0 saturated carbocycles. The summed E-state index contributed by atoms with van der Waals surface area (Å²) in [5, 5.41) is 16.6. The van der Waals surface area contributed by atoms with E-state index in [2.05, 4.69) is 16.0 Å². The maximum atomic E-state index is 13.2. The van der Waals surface area contributed by atoms with Gasteiger partial charge in [0.15, 0.2) is 0 Å². The number of carbonyl (C=O) groups excluding carboxylic acids is 2. The normalized spacial score (nSPS) is 16.4. The number of hydrogen-bond acceptors (Lipinski definition) is 7. The lowest BCUT2D eigenvalue weighted by Crippen LogP contribution is -2.50. The van der Waals surface area contributed by atoms with Gasteiger partial charge in [-0.15, -0.1) is 0 Å². The highest BCUT2D eigenvalue weighted by Gasteiger charge is 2.29. The van der Waals surface area contributed by atoms with Crippen molar-refractivity contribution in [2.75, 3.05) is 39.9 Å². The molecule has 10 heteroatoms. The average Bonchev–Trinajstić information content (AvgIpc) is 2.90. The topological polar surface area (TPSA) is 115 Å². The van der Waals surface area contributed by atoms with Crippen molar-refractivity contribution in [3.05, 3.63) is 41.7 Å². The number of ether oxygens (including phenoxy) is 1. The van der Waals surface area contributed by atoms with E-state index in [9.17, 15) is 9.59 Å². The average molecular weight is 509 g/mol. The second-order valence-electron chi connectivity index (χ2n) is 8.31. The molecule has 1 aromatic carbocycles. The van der Waals surface area contributed by atoms with Gasteiger partial charge in [0.1, 0.15) is 16.7 Å². The number of rotatable bonds is 10. The van der Waals surface area contributed by atoms with Crippen LogP contribution in [-0.2, 0) is 16.0 Å². The molecule has 1 fully saturated rings. The summed E-state index contributed by atoms with van der Waals surface area (Å²) in [5.41, 5.74) is 2.82. The Kier molecular flexibility index (Phi) is 12.6. The first-order chi connectivity index (χ1) is 17.0. The van der Waals surface area contributed by atoms with Gasteiger partial charge in [-0.1, -0.05) is 23.7 Å². The Morgan fingerprint density at radius 1 is 1.17 bits per heavy atom. The zero-order chi connectivity index (χ0) is 25.6. The van der Waals surface area contributed by atoms with Crippen molar-refractivity contribution in [1.29, 1.82) is 0 Å². The maximum Gasteiger partial charge on any atom is 0.244 e. The number of allylic oxidation sites excluding steroid dienone is 1. The van der Waals surface area contributed by atoms with Gasteiger partial charge >= 0.3 is 0 Å². The molecule has 0 aliphatic carbocycles. The number of amides is 2. The van der Waals surface area contributed by atoms with Crippen molar-refractivity contribution in [1.82, 2.24) is 15.3 Å². The fourth-order valence-electron chi connectivity index (χ4n) is 4.21. The fourth-order valence-corrected chi connectivity index (χ4v) is 4.41. The zero-order valence-electron chi connectivity index (χ0n) is 20.6. The molecule has 3 rings (SSSR count). The molecule has 1 atom stereocenters. The summed E-state index contributed by atoms with van der Waals surface area (Å²) < 4.78 is 5.47. The summed E-state index contributed by atoms with van der Waals surface area (Å²) in [6.45, 7) is 5.07. The molecular weight excluding hydrogens is 472 g/mol. The van der Waals surface area contributed by atoms with Crippen molar-refractivity contribution in [3.63, 3.8) is 0 Å². The van der Waals surface area contributed by atoms with Gasteiger partial charge in [0, 0.05) is 52.0 Å². The number of nitrogens with zero attached hydrogens (tertiary/aromatic N) is 3. The van der Waals surface area contributed by atoms with E-state index in [1.807, 2.05) is 36.1 Å². The summed E-state index contributed by atoms with van der Waals surface area (Å²) in [6.07, 6.45) is 5.85. The monoisotopic (exact) mass is 508 g/mol. The lowest BCUT2D eigenvalue weighted by molar-refractivity contribution is -0.141. The first kappa shape index (κ1) is 28.6. The quantitative estimate of drug-likeness (QED) is 0.330. The zero-order valence-corrected chi connectivity index (χ0v) is 21.3. The number of piperazine rings is 1. The van der Waals surface area contributed by atoms with Crippen molar-refractivity contribution in [3.8, 4) is 5.75 Å². The van der Waals surface area contributed by atoms with Crippen LogP contribution in [0.15, 0.2) is 41.2 Å². The number of nitrogens with one attached hydrogen (secondary N) is 1. The van der Waals surface area contributed by atoms with Crippen LogP contribution in [0.25, 0.3) is 0 Å². The van der Waals surface area contributed by atoms with E-state index in [4.69, 9.17) is 26.7 Å². The lowest BCUT2D eigenvalue weighted by atomic mass is 9.94. The standard InChI is InChI=1S/C24H33ClN4O4.CH4O/c1-2-33-20-11-9-18(10-12-20)5-3-6-19(17-23(30)27-32)24(31)29-15-13-28(14-16-29)22-8-4-7-21(25)26-22;1-2/h8-12,19,32H,2-7,13-17H2,1H3,(H,27,30);2H,1H3. The summed E-state index contributed by atoms with van der Waals surface area (Å²) >= 11 is 6.08. The molecular formula is C25H37ClN4O5. The van der Waals surface area contributed by atoms with E-state index in [1.165, 1.54) is 0 Å². The number of carbonyl (C=O) groups is 2. The van der Waals surface area contributed by atoms with Gasteiger partial charge in [0.05, 0.1) is 6.61 Å². The minimum absolute atomic E-state index is 0.0239. The number of hydroxylamine groups is 1. The summed E-state index contributed by atoms with van der Waals surface area (Å²) in [4.78, 5) is 33.4. The maximum absolute atomic E-state index is 13.2. The number of aryl methyl sites for hydroxylation is 1. The molecule has 2 aliphatic rings. The smallest absolute Gasteiger partial charge is 0.244 e. The van der Waals surface area contributed by atoms with Crippen LogP contribution >= 0.6 is 11.6 Å². The molecule has 3 N–H and O–H groups in total. The minimum Gasteiger partial charge on any atom is -0.494 e. The number of halogens is 1. The van der Waals surface area contributed by atoms with Crippen LogP contribution in [-0.4, -0.2) is 77.0 Å². The predicted octanol–water partition coefficient (Wildman–Crippen LogP) is 2.94. The summed E-state index contributed by atoms with van der Waals surface area (Å²) in [7, 11) is 1.00. The molecule has 2 amide bonds. The fraction of sp³-hybridized carbons (Fsp3) is 0.560. The Morgan fingerprint density at radius 3 is 2.46 bits per heavy atom. The van der Waals surface area contributed by atoms with Crippen LogP contribution < -0.4 is 10.2 Å². The third-order valence-corrected chi connectivity index (χ3v) is 6.26. The van der Waals surface area contributed by atoms with Crippen LogP contribution in [0.5, 0.6) is 5.75 Å². The van der Waals surface area contributed by atoms with Crippen molar-refractivity contribution in [2.45, 2.75) is 45.4 Å². The molecule has 1 saturated heterocycles. The third-order valence-electron chi connectivity index (χ3n) is 5.99. The molecule has 194 valence electrons. The van der Waals surface area contributed by atoms with E-state index in [1.54, 1.807) is 5.48 Å². The number of aliphatic imine (C=N–C) groups is 1. The van der Waals surface area contributed by atoms with Gasteiger partial charge in [0.25, 0.3) is 0 Å². The SMILES string of the molecule is CCOc1ccc(CCCC(CC(=O)NO)C(=O)N2CCN(C3=CCCC(Cl)=N3)CC2)cc1.CO. The molecule has 0 aromatic heterocycles. The van der Waals surface area contributed by atoms with Gasteiger partial charge in [-0.3, -0.25) is 14.8 Å². The summed E-state index contributed by atoms with van der Waals surface area (Å²) in [6, 6.07) is 7.94. The molecule has 0 spiro atoms. The number of aliphatic hydroxyl groups is 1. The van der Waals surface area contributed by atoms with E-state index >= 15 is 0 Å².